The van der Waals surface area contributed by atoms with E-state index in [9.17, 15) is 0 Å². The first-order valence-corrected chi connectivity index (χ1v) is 6.46. The highest BCUT2D eigenvalue weighted by Crippen LogP contribution is 2.43. The van der Waals surface area contributed by atoms with Crippen molar-refractivity contribution in [1.82, 2.24) is 0 Å². The Morgan fingerprint density at radius 2 is 2.35 bits per heavy atom. The molecule has 0 aromatic heterocycles. The van der Waals surface area contributed by atoms with Crippen LogP contribution in [0.1, 0.15) is 18.4 Å². The summed E-state index contributed by atoms with van der Waals surface area (Å²) in [7, 11) is 1.76. The first kappa shape index (κ1) is 10.9. The van der Waals surface area contributed by atoms with Gasteiger partial charge in [-0.1, -0.05) is 12.1 Å². The van der Waals surface area contributed by atoms with Gasteiger partial charge in [-0.05, 0) is 43.4 Å². The van der Waals surface area contributed by atoms with Gasteiger partial charge >= 0.3 is 0 Å². The van der Waals surface area contributed by atoms with Crippen molar-refractivity contribution in [2.45, 2.75) is 25.3 Å². The van der Waals surface area contributed by atoms with Crippen LogP contribution < -0.4 is 15.4 Å². The van der Waals surface area contributed by atoms with Gasteiger partial charge in [0.25, 0.3) is 0 Å². The number of methoxy groups -OCH3 is 1. The molecule has 2 heterocycles. The average Bonchev–Trinajstić information content (AvgIpc) is 2.75. The van der Waals surface area contributed by atoms with Gasteiger partial charge in [-0.15, -0.1) is 0 Å². The number of fused-ring (bicyclic) bond motifs is 3. The summed E-state index contributed by atoms with van der Waals surface area (Å²) >= 11 is 0. The van der Waals surface area contributed by atoms with Gasteiger partial charge in [0, 0.05) is 12.6 Å². The fourth-order valence-electron chi connectivity index (χ4n) is 3.31. The number of nitrogens with zero attached hydrogens (tertiary/aromatic N) is 1. The van der Waals surface area contributed by atoms with Crippen LogP contribution in [0, 0.1) is 5.92 Å². The summed E-state index contributed by atoms with van der Waals surface area (Å²) < 4.78 is 5.49. The minimum atomic E-state index is 0.642. The predicted octanol–water partition coefficient (Wildman–Crippen LogP) is 1.79. The summed E-state index contributed by atoms with van der Waals surface area (Å²) in [5, 5.41) is 0. The third-order valence-electron chi connectivity index (χ3n) is 4.20. The summed E-state index contributed by atoms with van der Waals surface area (Å²) in [6, 6.07) is 7.03. The van der Waals surface area contributed by atoms with Crippen LogP contribution in [0.3, 0.4) is 0 Å². The lowest BCUT2D eigenvalue weighted by atomic mass is 9.91. The summed E-state index contributed by atoms with van der Waals surface area (Å²) in [5.41, 5.74) is 8.57. The van der Waals surface area contributed by atoms with E-state index in [0.29, 0.717) is 12.0 Å². The van der Waals surface area contributed by atoms with Gasteiger partial charge in [-0.25, -0.2) is 0 Å². The molecule has 0 aliphatic carbocycles. The van der Waals surface area contributed by atoms with E-state index in [0.717, 1.165) is 25.3 Å². The van der Waals surface area contributed by atoms with E-state index in [4.69, 9.17) is 10.5 Å². The third kappa shape index (κ3) is 1.69. The van der Waals surface area contributed by atoms with Crippen molar-refractivity contribution in [2.75, 3.05) is 25.1 Å². The molecule has 2 atom stereocenters. The lowest BCUT2D eigenvalue weighted by molar-refractivity contribution is 0.353. The summed E-state index contributed by atoms with van der Waals surface area (Å²) in [4.78, 5) is 2.53. The number of rotatable bonds is 2. The second-order valence-electron chi connectivity index (χ2n) is 5.15. The maximum Gasteiger partial charge on any atom is 0.142 e. The molecular weight excluding hydrogens is 212 g/mol. The molecule has 92 valence electrons. The third-order valence-corrected chi connectivity index (χ3v) is 4.20. The minimum Gasteiger partial charge on any atom is -0.495 e. The zero-order valence-electron chi connectivity index (χ0n) is 10.4. The van der Waals surface area contributed by atoms with Gasteiger partial charge < -0.3 is 15.4 Å². The fourth-order valence-corrected chi connectivity index (χ4v) is 3.31. The highest BCUT2D eigenvalue weighted by atomic mass is 16.5. The van der Waals surface area contributed by atoms with E-state index in [1.807, 2.05) is 0 Å². The first-order chi connectivity index (χ1) is 8.33. The molecule has 2 aliphatic heterocycles. The number of hydrogen-bond acceptors (Lipinski definition) is 3. The molecule has 1 saturated heterocycles. The molecule has 0 bridgehead atoms. The lowest BCUT2D eigenvalue weighted by Crippen LogP contribution is -2.42. The Balaban J connectivity index is 1.92. The molecule has 0 saturated carbocycles. The van der Waals surface area contributed by atoms with Gasteiger partial charge in [0.05, 0.1) is 12.8 Å². The van der Waals surface area contributed by atoms with Gasteiger partial charge in [0.15, 0.2) is 0 Å². The topological polar surface area (TPSA) is 38.5 Å². The molecule has 3 rings (SSSR count). The zero-order valence-corrected chi connectivity index (χ0v) is 10.4. The number of para-hydroxylation sites is 1. The quantitative estimate of drug-likeness (QED) is 0.845. The lowest BCUT2D eigenvalue weighted by Gasteiger charge is -2.36. The Bertz CT molecular complexity index is 419. The predicted molar refractivity (Wildman–Crippen MR) is 69.6 cm³/mol. The van der Waals surface area contributed by atoms with Crippen molar-refractivity contribution in [3.8, 4) is 5.75 Å². The second kappa shape index (κ2) is 4.22. The SMILES string of the molecule is COc1cccc2c1N1CCC(CN)CC1C2. The van der Waals surface area contributed by atoms with Crippen LogP contribution in [0.5, 0.6) is 5.75 Å². The minimum absolute atomic E-state index is 0.642. The number of piperidine rings is 1. The van der Waals surface area contributed by atoms with Crippen molar-refractivity contribution in [1.29, 1.82) is 0 Å². The zero-order chi connectivity index (χ0) is 11.8. The Labute approximate surface area is 103 Å². The van der Waals surface area contributed by atoms with Crippen molar-refractivity contribution in [3.05, 3.63) is 23.8 Å². The summed E-state index contributed by atoms with van der Waals surface area (Å²) in [6.45, 7) is 1.96. The maximum atomic E-state index is 5.80. The smallest absolute Gasteiger partial charge is 0.142 e. The van der Waals surface area contributed by atoms with Gasteiger partial charge in [0.1, 0.15) is 5.75 Å². The Morgan fingerprint density at radius 1 is 1.47 bits per heavy atom. The molecule has 1 aromatic carbocycles. The molecule has 3 heteroatoms. The van der Waals surface area contributed by atoms with Crippen LogP contribution in [0.2, 0.25) is 0 Å². The van der Waals surface area contributed by atoms with Crippen molar-refractivity contribution < 1.29 is 4.74 Å². The van der Waals surface area contributed by atoms with Crippen molar-refractivity contribution in [2.24, 2.45) is 11.7 Å². The average molecular weight is 232 g/mol. The highest BCUT2D eigenvalue weighted by Gasteiger charge is 2.36. The molecule has 3 nitrogen and oxygen atoms in total. The Hall–Kier alpha value is -1.22. The maximum absolute atomic E-state index is 5.80. The number of benzene rings is 1. The Kier molecular flexibility index (Phi) is 2.71. The first-order valence-electron chi connectivity index (χ1n) is 6.46. The van der Waals surface area contributed by atoms with Crippen molar-refractivity contribution >= 4 is 5.69 Å². The van der Waals surface area contributed by atoms with E-state index >= 15 is 0 Å². The normalized spacial score (nSPS) is 26.6. The highest BCUT2D eigenvalue weighted by molar-refractivity contribution is 5.68. The largest absolute Gasteiger partial charge is 0.495 e. The van der Waals surface area contributed by atoms with Crippen molar-refractivity contribution in [3.63, 3.8) is 0 Å². The monoisotopic (exact) mass is 232 g/mol. The van der Waals surface area contributed by atoms with Crippen LogP contribution >= 0.6 is 0 Å². The molecule has 1 aromatic rings. The second-order valence-corrected chi connectivity index (χ2v) is 5.15. The van der Waals surface area contributed by atoms with E-state index < -0.39 is 0 Å². The van der Waals surface area contributed by atoms with Gasteiger partial charge in [-0.2, -0.15) is 0 Å². The molecule has 0 radical (unpaired) electrons. The van der Waals surface area contributed by atoms with E-state index in [2.05, 4.69) is 23.1 Å². The molecule has 0 amide bonds. The summed E-state index contributed by atoms with van der Waals surface area (Å²) in [6.07, 6.45) is 3.60. The molecular formula is C14H20N2O. The van der Waals surface area contributed by atoms with Crippen LogP contribution in [0.25, 0.3) is 0 Å². The molecule has 2 unspecified atom stereocenters. The number of hydrogen-bond donors (Lipinski definition) is 1. The Morgan fingerprint density at radius 3 is 3.12 bits per heavy atom. The van der Waals surface area contributed by atoms with Gasteiger partial charge in [-0.3, -0.25) is 0 Å². The van der Waals surface area contributed by atoms with Crippen LogP contribution in [0.4, 0.5) is 5.69 Å². The summed E-state index contributed by atoms with van der Waals surface area (Å²) in [5.74, 6) is 1.73. The molecule has 2 N–H and O–H groups in total. The van der Waals surface area contributed by atoms with Crippen LogP contribution in [-0.4, -0.2) is 26.2 Å². The van der Waals surface area contributed by atoms with Gasteiger partial charge in [0.2, 0.25) is 0 Å². The van der Waals surface area contributed by atoms with E-state index in [-0.39, 0.29) is 0 Å². The standard InChI is InChI=1S/C14H20N2O/c1-17-13-4-2-3-11-8-12-7-10(9-15)5-6-16(12)14(11)13/h2-4,10,12H,5-9,15H2,1H3. The van der Waals surface area contributed by atoms with E-state index in [1.165, 1.54) is 24.1 Å². The number of anilines is 1. The van der Waals surface area contributed by atoms with Crippen LogP contribution in [0.15, 0.2) is 18.2 Å². The number of nitrogens with two attached hydrogens (primary N) is 1. The molecule has 17 heavy (non-hydrogen) atoms. The molecule has 0 spiro atoms. The number of ether oxygens (including phenoxy) is 1. The molecule has 2 aliphatic rings. The fraction of sp³-hybridized carbons (Fsp3) is 0.571. The van der Waals surface area contributed by atoms with E-state index in [1.54, 1.807) is 7.11 Å². The van der Waals surface area contributed by atoms with Crippen LogP contribution in [-0.2, 0) is 6.42 Å². The molecule has 1 fully saturated rings.